The highest BCUT2D eigenvalue weighted by molar-refractivity contribution is 7.91. The van der Waals surface area contributed by atoms with Gasteiger partial charge in [0.25, 0.3) is 0 Å². The third kappa shape index (κ3) is 8.51. The Hall–Kier alpha value is -0.0900. The molecule has 86 valence electrons. The number of hydrogen-bond donors (Lipinski definition) is 1. The maximum absolute atomic E-state index is 11.1. The minimum Gasteiger partial charge on any atom is -0.396 e. The van der Waals surface area contributed by atoms with Crippen LogP contribution in [0.1, 0.15) is 45.4 Å². The van der Waals surface area contributed by atoms with Gasteiger partial charge in [0.15, 0.2) is 0 Å². The first-order chi connectivity index (χ1) is 6.62. The molecule has 0 fully saturated rings. The second-order valence-electron chi connectivity index (χ2n) is 3.58. The van der Waals surface area contributed by atoms with Crippen molar-refractivity contribution in [3.63, 3.8) is 0 Å². The molecule has 0 unspecified atom stereocenters. The molecule has 0 amide bonds. The van der Waals surface area contributed by atoms with Crippen molar-refractivity contribution in [2.24, 2.45) is 0 Å². The molecule has 0 aliphatic heterocycles. The number of hydrogen-bond acceptors (Lipinski definition) is 3. The summed E-state index contributed by atoms with van der Waals surface area (Å²) in [7, 11) is -2.76. The van der Waals surface area contributed by atoms with Crippen LogP contribution in [0.25, 0.3) is 0 Å². The van der Waals surface area contributed by atoms with Crippen LogP contribution in [-0.4, -0.2) is 31.6 Å². The minimum atomic E-state index is -2.76. The molecule has 0 heterocycles. The Morgan fingerprint density at radius 1 is 0.929 bits per heavy atom. The standard InChI is InChI=1S/C10H22O3S/c1-2-14(12,13)10-8-6-4-3-5-7-9-11/h11H,2-10H2,1H3. The van der Waals surface area contributed by atoms with Gasteiger partial charge >= 0.3 is 0 Å². The van der Waals surface area contributed by atoms with E-state index in [0.717, 1.165) is 38.5 Å². The summed E-state index contributed by atoms with van der Waals surface area (Å²) in [6, 6.07) is 0. The Morgan fingerprint density at radius 2 is 1.43 bits per heavy atom. The molecule has 0 saturated carbocycles. The molecule has 0 aliphatic rings. The van der Waals surface area contributed by atoms with Crippen LogP contribution < -0.4 is 0 Å². The van der Waals surface area contributed by atoms with Gasteiger partial charge in [-0.05, 0) is 12.8 Å². The maximum atomic E-state index is 11.1. The maximum Gasteiger partial charge on any atom is 0.150 e. The van der Waals surface area contributed by atoms with Crippen molar-refractivity contribution >= 4 is 9.84 Å². The van der Waals surface area contributed by atoms with Gasteiger partial charge < -0.3 is 5.11 Å². The fourth-order valence-corrected chi connectivity index (χ4v) is 2.22. The van der Waals surface area contributed by atoms with E-state index in [0.29, 0.717) is 5.75 Å². The largest absolute Gasteiger partial charge is 0.396 e. The van der Waals surface area contributed by atoms with Crippen LogP contribution >= 0.6 is 0 Å². The second-order valence-corrected chi connectivity index (χ2v) is 6.05. The second kappa shape index (κ2) is 8.24. The molecule has 0 saturated heterocycles. The highest BCUT2D eigenvalue weighted by Gasteiger charge is 2.05. The van der Waals surface area contributed by atoms with E-state index < -0.39 is 9.84 Å². The van der Waals surface area contributed by atoms with E-state index in [2.05, 4.69) is 0 Å². The molecule has 0 aromatic heterocycles. The lowest BCUT2D eigenvalue weighted by Gasteiger charge is -2.01. The lowest BCUT2D eigenvalue weighted by molar-refractivity contribution is 0.282. The molecule has 14 heavy (non-hydrogen) atoms. The van der Waals surface area contributed by atoms with Crippen molar-refractivity contribution in [2.45, 2.75) is 45.4 Å². The normalized spacial score (nSPS) is 11.9. The molecule has 0 radical (unpaired) electrons. The zero-order valence-electron chi connectivity index (χ0n) is 9.04. The van der Waals surface area contributed by atoms with E-state index in [-0.39, 0.29) is 12.4 Å². The van der Waals surface area contributed by atoms with E-state index in [4.69, 9.17) is 5.11 Å². The molecular formula is C10H22O3S. The topological polar surface area (TPSA) is 54.4 Å². The Balaban J connectivity index is 3.22. The Morgan fingerprint density at radius 3 is 1.93 bits per heavy atom. The first-order valence-electron chi connectivity index (χ1n) is 5.43. The lowest BCUT2D eigenvalue weighted by Crippen LogP contribution is -2.08. The third-order valence-corrected chi connectivity index (χ3v) is 4.09. The molecule has 0 aliphatic carbocycles. The van der Waals surface area contributed by atoms with Gasteiger partial charge in [0.1, 0.15) is 9.84 Å². The highest BCUT2D eigenvalue weighted by Crippen LogP contribution is 2.06. The van der Waals surface area contributed by atoms with Crippen molar-refractivity contribution < 1.29 is 13.5 Å². The first kappa shape index (κ1) is 13.9. The average Bonchev–Trinajstić information content (AvgIpc) is 2.16. The average molecular weight is 222 g/mol. The van der Waals surface area contributed by atoms with Crippen LogP contribution in [0.2, 0.25) is 0 Å². The summed E-state index contributed by atoms with van der Waals surface area (Å²) in [6.07, 6.45) is 5.89. The summed E-state index contributed by atoms with van der Waals surface area (Å²) in [5.74, 6) is 0.598. The van der Waals surface area contributed by atoms with Crippen LogP contribution in [0.4, 0.5) is 0 Å². The van der Waals surface area contributed by atoms with Crippen LogP contribution in [0.15, 0.2) is 0 Å². The third-order valence-electron chi connectivity index (χ3n) is 2.30. The molecule has 0 rings (SSSR count). The number of unbranched alkanes of at least 4 members (excludes halogenated alkanes) is 5. The molecule has 3 nitrogen and oxygen atoms in total. The van der Waals surface area contributed by atoms with Crippen molar-refractivity contribution in [3.8, 4) is 0 Å². The van der Waals surface area contributed by atoms with E-state index in [1.54, 1.807) is 6.92 Å². The quantitative estimate of drug-likeness (QED) is 0.605. The molecule has 0 atom stereocenters. The highest BCUT2D eigenvalue weighted by atomic mass is 32.2. The van der Waals surface area contributed by atoms with Crippen LogP contribution in [-0.2, 0) is 9.84 Å². The van der Waals surface area contributed by atoms with E-state index in [1.807, 2.05) is 0 Å². The monoisotopic (exact) mass is 222 g/mol. The molecule has 0 aromatic rings. The van der Waals surface area contributed by atoms with Gasteiger partial charge in [-0.25, -0.2) is 8.42 Å². The smallest absolute Gasteiger partial charge is 0.150 e. The van der Waals surface area contributed by atoms with Crippen LogP contribution in [0.3, 0.4) is 0 Å². The number of aliphatic hydroxyl groups excluding tert-OH is 1. The molecular weight excluding hydrogens is 200 g/mol. The van der Waals surface area contributed by atoms with Crippen LogP contribution in [0, 0.1) is 0 Å². The molecule has 0 spiro atoms. The Labute approximate surface area is 87.4 Å². The van der Waals surface area contributed by atoms with E-state index in [1.165, 1.54) is 0 Å². The number of rotatable bonds is 9. The van der Waals surface area contributed by atoms with Crippen molar-refractivity contribution in [1.82, 2.24) is 0 Å². The SMILES string of the molecule is CCS(=O)(=O)CCCCCCCCO. The van der Waals surface area contributed by atoms with Gasteiger partial charge in [0, 0.05) is 12.4 Å². The van der Waals surface area contributed by atoms with Gasteiger partial charge in [-0.15, -0.1) is 0 Å². The van der Waals surface area contributed by atoms with Crippen molar-refractivity contribution in [1.29, 1.82) is 0 Å². The zero-order chi connectivity index (χ0) is 10.9. The summed E-state index contributed by atoms with van der Waals surface area (Å²) >= 11 is 0. The van der Waals surface area contributed by atoms with Gasteiger partial charge in [-0.1, -0.05) is 32.6 Å². The molecule has 4 heteroatoms. The summed E-state index contributed by atoms with van der Waals surface area (Å²) in [5, 5.41) is 8.53. The first-order valence-corrected chi connectivity index (χ1v) is 7.26. The summed E-state index contributed by atoms with van der Waals surface area (Å²) in [4.78, 5) is 0. The number of sulfone groups is 1. The number of aliphatic hydroxyl groups is 1. The Kier molecular flexibility index (Phi) is 8.18. The zero-order valence-corrected chi connectivity index (χ0v) is 9.85. The summed E-state index contributed by atoms with van der Waals surface area (Å²) in [5.41, 5.74) is 0. The van der Waals surface area contributed by atoms with Crippen LogP contribution in [0.5, 0.6) is 0 Å². The fraction of sp³-hybridized carbons (Fsp3) is 1.00. The van der Waals surface area contributed by atoms with Gasteiger partial charge in [0.05, 0.1) is 5.75 Å². The lowest BCUT2D eigenvalue weighted by atomic mass is 10.1. The fourth-order valence-electron chi connectivity index (χ4n) is 1.29. The van der Waals surface area contributed by atoms with Crippen molar-refractivity contribution in [2.75, 3.05) is 18.1 Å². The van der Waals surface area contributed by atoms with Gasteiger partial charge in [-0.3, -0.25) is 0 Å². The molecule has 0 bridgehead atoms. The van der Waals surface area contributed by atoms with E-state index in [9.17, 15) is 8.42 Å². The predicted molar refractivity (Wildman–Crippen MR) is 59.1 cm³/mol. The predicted octanol–water partition coefficient (Wildman–Crippen LogP) is 1.75. The summed E-state index contributed by atoms with van der Waals surface area (Å²) in [6.45, 7) is 1.96. The summed E-state index contributed by atoms with van der Waals surface area (Å²) < 4.78 is 22.2. The van der Waals surface area contributed by atoms with Gasteiger partial charge in [0.2, 0.25) is 0 Å². The molecule has 1 N–H and O–H groups in total. The van der Waals surface area contributed by atoms with Crippen molar-refractivity contribution in [3.05, 3.63) is 0 Å². The minimum absolute atomic E-state index is 0.261. The van der Waals surface area contributed by atoms with Gasteiger partial charge in [-0.2, -0.15) is 0 Å². The molecule has 0 aromatic carbocycles. The Bertz CT molecular complexity index is 209. The van der Waals surface area contributed by atoms with E-state index >= 15 is 0 Å².